The highest BCUT2D eigenvalue weighted by Crippen LogP contribution is 2.33. The standard InChI is InChI=1S/C26H29NO2/c1-20(22-10-6-3-7-11-22)27-17-16-25(26(28)18-27)23-12-14-24(15-13-23)29-19-21-8-4-2-5-9-21/h2-15,20,25-26,28H,16-19H2,1H3. The van der Waals surface area contributed by atoms with E-state index in [9.17, 15) is 5.11 Å². The molecule has 0 radical (unpaired) electrons. The Kier molecular flexibility index (Phi) is 6.28. The Bertz CT molecular complexity index is 880. The fourth-order valence-corrected chi connectivity index (χ4v) is 4.19. The van der Waals surface area contributed by atoms with Gasteiger partial charge >= 0.3 is 0 Å². The van der Waals surface area contributed by atoms with Gasteiger partial charge in [0, 0.05) is 18.5 Å². The molecule has 3 aromatic carbocycles. The normalized spacial score (nSPS) is 20.9. The SMILES string of the molecule is CC(c1ccccc1)N1CCC(c2ccc(OCc3ccccc3)cc2)C(O)C1. The largest absolute Gasteiger partial charge is 0.489 e. The Morgan fingerprint density at radius 1 is 0.931 bits per heavy atom. The number of aliphatic hydroxyl groups excluding tert-OH is 1. The molecule has 1 heterocycles. The lowest BCUT2D eigenvalue weighted by molar-refractivity contribution is 0.0329. The quantitative estimate of drug-likeness (QED) is 0.633. The van der Waals surface area contributed by atoms with Crippen LogP contribution in [0.4, 0.5) is 0 Å². The third kappa shape index (κ3) is 4.87. The van der Waals surface area contributed by atoms with Crippen molar-refractivity contribution in [3.8, 4) is 5.75 Å². The van der Waals surface area contributed by atoms with Crippen molar-refractivity contribution in [2.24, 2.45) is 0 Å². The van der Waals surface area contributed by atoms with Crippen LogP contribution in [-0.4, -0.2) is 29.2 Å². The van der Waals surface area contributed by atoms with E-state index in [2.05, 4.69) is 60.4 Å². The van der Waals surface area contributed by atoms with Gasteiger partial charge in [-0.1, -0.05) is 72.8 Å². The Balaban J connectivity index is 1.34. The van der Waals surface area contributed by atoms with Crippen LogP contribution in [0.25, 0.3) is 0 Å². The second kappa shape index (κ2) is 9.25. The average molecular weight is 388 g/mol. The molecule has 3 nitrogen and oxygen atoms in total. The van der Waals surface area contributed by atoms with Crippen LogP contribution < -0.4 is 4.74 Å². The van der Waals surface area contributed by atoms with Gasteiger partial charge in [-0.15, -0.1) is 0 Å². The number of hydrogen-bond acceptors (Lipinski definition) is 3. The number of benzene rings is 3. The average Bonchev–Trinajstić information content (AvgIpc) is 2.79. The zero-order valence-corrected chi connectivity index (χ0v) is 16.9. The summed E-state index contributed by atoms with van der Waals surface area (Å²) in [5, 5.41) is 10.8. The maximum Gasteiger partial charge on any atom is 0.119 e. The van der Waals surface area contributed by atoms with Crippen LogP contribution in [0.1, 0.15) is 42.0 Å². The molecule has 1 saturated heterocycles. The van der Waals surface area contributed by atoms with Crippen LogP contribution in [0, 0.1) is 0 Å². The summed E-state index contributed by atoms with van der Waals surface area (Å²) >= 11 is 0. The molecule has 0 saturated carbocycles. The van der Waals surface area contributed by atoms with Crippen LogP contribution in [0.3, 0.4) is 0 Å². The van der Waals surface area contributed by atoms with Gasteiger partial charge in [0.15, 0.2) is 0 Å². The van der Waals surface area contributed by atoms with Crippen LogP contribution in [0.2, 0.25) is 0 Å². The molecule has 0 bridgehead atoms. The van der Waals surface area contributed by atoms with E-state index in [1.807, 2.05) is 36.4 Å². The van der Waals surface area contributed by atoms with E-state index in [1.54, 1.807) is 0 Å². The smallest absolute Gasteiger partial charge is 0.119 e. The van der Waals surface area contributed by atoms with E-state index >= 15 is 0 Å². The maximum absolute atomic E-state index is 10.8. The number of rotatable bonds is 6. The topological polar surface area (TPSA) is 32.7 Å². The fraction of sp³-hybridized carbons (Fsp3) is 0.308. The van der Waals surface area contributed by atoms with Gasteiger partial charge in [0.2, 0.25) is 0 Å². The predicted octanol–water partition coefficient (Wildman–Crippen LogP) is 5.18. The molecule has 0 aromatic heterocycles. The van der Waals surface area contributed by atoms with Crippen molar-refractivity contribution in [3.63, 3.8) is 0 Å². The summed E-state index contributed by atoms with van der Waals surface area (Å²) in [5.41, 5.74) is 3.65. The number of nitrogens with zero attached hydrogens (tertiary/aromatic N) is 1. The van der Waals surface area contributed by atoms with E-state index in [4.69, 9.17) is 4.74 Å². The first-order valence-corrected chi connectivity index (χ1v) is 10.4. The molecule has 0 spiro atoms. The van der Waals surface area contributed by atoms with Gasteiger partial charge in [0.05, 0.1) is 6.10 Å². The highest BCUT2D eigenvalue weighted by atomic mass is 16.5. The number of aliphatic hydroxyl groups is 1. The Hall–Kier alpha value is -2.62. The second-order valence-corrected chi connectivity index (χ2v) is 7.89. The molecular weight excluding hydrogens is 358 g/mol. The molecule has 1 aliphatic heterocycles. The maximum atomic E-state index is 10.8. The number of piperidine rings is 1. The molecule has 29 heavy (non-hydrogen) atoms. The van der Waals surface area contributed by atoms with E-state index in [0.29, 0.717) is 19.2 Å². The minimum atomic E-state index is -0.356. The van der Waals surface area contributed by atoms with Crippen LogP contribution in [0.15, 0.2) is 84.9 Å². The van der Waals surface area contributed by atoms with Crippen molar-refractivity contribution >= 4 is 0 Å². The Labute approximate surface area is 173 Å². The second-order valence-electron chi connectivity index (χ2n) is 7.89. The lowest BCUT2D eigenvalue weighted by Crippen LogP contribution is -2.43. The van der Waals surface area contributed by atoms with Crippen molar-refractivity contribution in [2.45, 2.75) is 38.0 Å². The van der Waals surface area contributed by atoms with Gasteiger partial charge < -0.3 is 9.84 Å². The van der Waals surface area contributed by atoms with E-state index in [0.717, 1.165) is 24.3 Å². The summed E-state index contributed by atoms with van der Waals surface area (Å²) in [7, 11) is 0. The summed E-state index contributed by atoms with van der Waals surface area (Å²) in [5.74, 6) is 1.04. The number of hydrogen-bond donors (Lipinski definition) is 1. The van der Waals surface area contributed by atoms with E-state index in [-0.39, 0.29) is 12.0 Å². The minimum Gasteiger partial charge on any atom is -0.489 e. The zero-order valence-electron chi connectivity index (χ0n) is 16.9. The van der Waals surface area contributed by atoms with Crippen LogP contribution >= 0.6 is 0 Å². The van der Waals surface area contributed by atoms with Crippen molar-refractivity contribution in [1.82, 2.24) is 4.90 Å². The monoisotopic (exact) mass is 387 g/mol. The van der Waals surface area contributed by atoms with Crippen molar-refractivity contribution in [2.75, 3.05) is 13.1 Å². The van der Waals surface area contributed by atoms with Crippen molar-refractivity contribution in [3.05, 3.63) is 102 Å². The van der Waals surface area contributed by atoms with Crippen molar-refractivity contribution in [1.29, 1.82) is 0 Å². The molecule has 4 rings (SSSR count). The summed E-state index contributed by atoms with van der Waals surface area (Å²) in [6, 6.07) is 29.3. The van der Waals surface area contributed by atoms with E-state index in [1.165, 1.54) is 11.1 Å². The zero-order chi connectivity index (χ0) is 20.1. The molecule has 1 fully saturated rings. The minimum absolute atomic E-state index is 0.178. The third-order valence-corrected chi connectivity index (χ3v) is 6.00. The lowest BCUT2D eigenvalue weighted by atomic mass is 9.86. The molecule has 3 atom stereocenters. The molecule has 3 unspecified atom stereocenters. The highest BCUT2D eigenvalue weighted by Gasteiger charge is 2.31. The number of likely N-dealkylation sites (tertiary alicyclic amines) is 1. The van der Waals surface area contributed by atoms with E-state index < -0.39 is 0 Å². The summed E-state index contributed by atoms with van der Waals surface area (Å²) in [6.07, 6.45) is 0.605. The van der Waals surface area contributed by atoms with Gasteiger partial charge in [0.25, 0.3) is 0 Å². The van der Waals surface area contributed by atoms with Gasteiger partial charge in [0.1, 0.15) is 12.4 Å². The Morgan fingerprint density at radius 2 is 1.59 bits per heavy atom. The van der Waals surface area contributed by atoms with Crippen LogP contribution in [0.5, 0.6) is 5.75 Å². The molecule has 150 valence electrons. The molecular formula is C26H29NO2. The van der Waals surface area contributed by atoms with Crippen molar-refractivity contribution < 1.29 is 9.84 Å². The predicted molar refractivity (Wildman–Crippen MR) is 117 cm³/mol. The molecule has 1 aliphatic rings. The lowest BCUT2D eigenvalue weighted by Gasteiger charge is -2.39. The first kappa shape index (κ1) is 19.7. The van der Waals surface area contributed by atoms with Crippen LogP contribution in [-0.2, 0) is 6.61 Å². The van der Waals surface area contributed by atoms with Gasteiger partial charge in [-0.05, 0) is 48.7 Å². The van der Waals surface area contributed by atoms with Gasteiger partial charge in [-0.3, -0.25) is 4.90 Å². The first-order chi connectivity index (χ1) is 14.2. The first-order valence-electron chi connectivity index (χ1n) is 10.4. The summed E-state index contributed by atoms with van der Waals surface area (Å²) < 4.78 is 5.89. The fourth-order valence-electron chi connectivity index (χ4n) is 4.19. The molecule has 0 aliphatic carbocycles. The third-order valence-electron chi connectivity index (χ3n) is 6.00. The molecule has 0 amide bonds. The molecule has 1 N–H and O–H groups in total. The highest BCUT2D eigenvalue weighted by molar-refractivity contribution is 5.31. The number of β-amino-alcohol motifs (C(OH)–C–C–N with tert-alkyl or cyclic N) is 1. The van der Waals surface area contributed by atoms with Gasteiger partial charge in [-0.2, -0.15) is 0 Å². The van der Waals surface area contributed by atoms with Gasteiger partial charge in [-0.25, -0.2) is 0 Å². The molecule has 3 heteroatoms. The summed E-state index contributed by atoms with van der Waals surface area (Å²) in [4.78, 5) is 2.38. The molecule has 3 aromatic rings. The Morgan fingerprint density at radius 3 is 2.24 bits per heavy atom. The number of ether oxygens (including phenoxy) is 1. The summed E-state index contributed by atoms with van der Waals surface area (Å²) in [6.45, 7) is 4.48.